The largest absolute Gasteiger partial charge is 0.497 e. The zero-order chi connectivity index (χ0) is 15.6. The summed E-state index contributed by atoms with van der Waals surface area (Å²) >= 11 is 0. The van der Waals surface area contributed by atoms with Crippen molar-refractivity contribution in [3.8, 4) is 5.75 Å². The Labute approximate surface area is 119 Å². The molecule has 0 bridgehead atoms. The van der Waals surface area contributed by atoms with Gasteiger partial charge in [-0.25, -0.2) is 0 Å². The summed E-state index contributed by atoms with van der Waals surface area (Å²) in [6.07, 6.45) is 0.0338. The van der Waals surface area contributed by atoms with E-state index in [-0.39, 0.29) is 24.3 Å². The Bertz CT molecular complexity index is 624. The van der Waals surface area contributed by atoms with E-state index in [4.69, 9.17) is 4.74 Å². The van der Waals surface area contributed by atoms with E-state index in [1.54, 1.807) is 0 Å². The van der Waals surface area contributed by atoms with Gasteiger partial charge in [-0.2, -0.15) is 0 Å². The first-order valence-electron chi connectivity index (χ1n) is 6.12. The molecule has 0 aliphatic carbocycles. The molecule has 1 aliphatic rings. The highest BCUT2D eigenvalue weighted by molar-refractivity contribution is 6.25. The van der Waals surface area contributed by atoms with Gasteiger partial charge in [-0.3, -0.25) is 24.5 Å². The van der Waals surface area contributed by atoms with E-state index in [0.717, 1.165) is 6.07 Å². The van der Waals surface area contributed by atoms with Gasteiger partial charge in [0.05, 0.1) is 23.7 Å². The van der Waals surface area contributed by atoms with Gasteiger partial charge in [-0.15, -0.1) is 0 Å². The van der Waals surface area contributed by atoms with Gasteiger partial charge in [0.15, 0.2) is 17.5 Å². The molecule has 1 aromatic rings. The zero-order valence-corrected chi connectivity index (χ0v) is 11.1. The van der Waals surface area contributed by atoms with Crippen LogP contribution < -0.4 is 10.1 Å². The zero-order valence-electron chi connectivity index (χ0n) is 11.1. The van der Waals surface area contributed by atoms with Crippen molar-refractivity contribution in [1.82, 2.24) is 5.32 Å². The number of amides is 1. The summed E-state index contributed by atoms with van der Waals surface area (Å²) < 4.78 is 4.87. The van der Waals surface area contributed by atoms with E-state index in [2.05, 4.69) is 5.32 Å². The highest BCUT2D eigenvalue weighted by atomic mass is 16.6. The van der Waals surface area contributed by atoms with Crippen LogP contribution in [-0.2, 0) is 9.59 Å². The summed E-state index contributed by atoms with van der Waals surface area (Å²) in [5, 5.41) is 13.5. The Morgan fingerprint density at radius 2 is 2.14 bits per heavy atom. The topological polar surface area (TPSA) is 116 Å². The van der Waals surface area contributed by atoms with Crippen molar-refractivity contribution in [2.75, 3.05) is 13.7 Å². The van der Waals surface area contributed by atoms with Gasteiger partial charge in [-0.05, 0) is 12.1 Å². The molecule has 1 atom stereocenters. The maximum Gasteiger partial charge on any atom is 0.283 e. The molecule has 1 heterocycles. The normalized spacial score (nSPS) is 18.0. The molecule has 21 heavy (non-hydrogen) atoms. The van der Waals surface area contributed by atoms with Crippen LogP contribution >= 0.6 is 0 Å². The number of Topliss-reactive ketones (excluding diaryl/α,β-unsaturated/α-hetero) is 2. The lowest BCUT2D eigenvalue weighted by atomic mass is 9.88. The molecule has 1 aliphatic heterocycles. The quantitative estimate of drug-likeness (QED) is 0.374. The van der Waals surface area contributed by atoms with Crippen molar-refractivity contribution in [2.24, 2.45) is 5.92 Å². The third kappa shape index (κ3) is 2.73. The highest BCUT2D eigenvalue weighted by Crippen LogP contribution is 2.27. The molecule has 1 N–H and O–H groups in total. The number of ether oxygens (including phenoxy) is 1. The summed E-state index contributed by atoms with van der Waals surface area (Å²) in [7, 11) is 1.33. The number of nitrogens with one attached hydrogen (secondary N) is 1. The molecule has 0 aromatic heterocycles. The molecular formula is C13H12N2O6. The van der Waals surface area contributed by atoms with Gasteiger partial charge in [0.25, 0.3) is 5.69 Å². The number of methoxy groups -OCH3 is 1. The lowest BCUT2D eigenvalue weighted by molar-refractivity contribution is -0.385. The Morgan fingerprint density at radius 1 is 1.43 bits per heavy atom. The number of hydrogen-bond donors (Lipinski definition) is 1. The summed E-state index contributed by atoms with van der Waals surface area (Å²) in [4.78, 5) is 46.0. The summed E-state index contributed by atoms with van der Waals surface area (Å²) in [6.45, 7) is 0.173. The Kier molecular flexibility index (Phi) is 3.97. The maximum atomic E-state index is 12.3. The fourth-order valence-electron chi connectivity index (χ4n) is 2.12. The molecule has 1 unspecified atom stereocenters. The van der Waals surface area contributed by atoms with Crippen molar-refractivity contribution in [3.05, 3.63) is 33.9 Å². The number of nitro benzene ring substituents is 1. The van der Waals surface area contributed by atoms with Crippen LogP contribution in [0.3, 0.4) is 0 Å². The molecule has 1 saturated heterocycles. The van der Waals surface area contributed by atoms with E-state index in [1.165, 1.54) is 19.2 Å². The van der Waals surface area contributed by atoms with Crippen molar-refractivity contribution >= 4 is 23.2 Å². The summed E-state index contributed by atoms with van der Waals surface area (Å²) in [5.74, 6) is -3.44. The van der Waals surface area contributed by atoms with Crippen LogP contribution in [0, 0.1) is 16.0 Å². The lowest BCUT2D eigenvalue weighted by Crippen LogP contribution is -2.46. The average molecular weight is 292 g/mol. The summed E-state index contributed by atoms with van der Waals surface area (Å²) in [5.41, 5.74) is -0.776. The smallest absolute Gasteiger partial charge is 0.283 e. The minimum atomic E-state index is -1.52. The van der Waals surface area contributed by atoms with Crippen molar-refractivity contribution in [2.45, 2.75) is 6.42 Å². The highest BCUT2D eigenvalue weighted by Gasteiger charge is 2.39. The Hall–Kier alpha value is -2.77. The van der Waals surface area contributed by atoms with E-state index in [9.17, 15) is 24.5 Å². The number of piperidine rings is 1. The minimum Gasteiger partial charge on any atom is -0.497 e. The van der Waals surface area contributed by atoms with Gasteiger partial charge in [0.1, 0.15) is 5.75 Å². The predicted molar refractivity (Wildman–Crippen MR) is 70.1 cm³/mol. The third-order valence-corrected chi connectivity index (χ3v) is 3.18. The molecule has 1 fully saturated rings. The number of rotatable bonds is 4. The number of carbonyl (C=O) groups is 3. The van der Waals surface area contributed by atoms with Crippen LogP contribution in [-0.4, -0.2) is 36.1 Å². The van der Waals surface area contributed by atoms with Crippen molar-refractivity contribution in [3.63, 3.8) is 0 Å². The van der Waals surface area contributed by atoms with Crippen LogP contribution in [0.5, 0.6) is 5.75 Å². The average Bonchev–Trinajstić information content (AvgIpc) is 2.46. The van der Waals surface area contributed by atoms with Crippen LogP contribution in [0.15, 0.2) is 18.2 Å². The molecule has 1 amide bonds. The summed E-state index contributed by atoms with van der Waals surface area (Å²) in [6, 6.07) is 3.64. The first-order valence-corrected chi connectivity index (χ1v) is 6.12. The van der Waals surface area contributed by atoms with Crippen LogP contribution in [0.1, 0.15) is 16.8 Å². The Balaban J connectivity index is 2.45. The second kappa shape index (κ2) is 5.70. The molecule has 110 valence electrons. The molecule has 8 nitrogen and oxygen atoms in total. The third-order valence-electron chi connectivity index (χ3n) is 3.18. The molecule has 2 rings (SSSR count). The number of nitro groups is 1. The fraction of sp³-hybridized carbons (Fsp3) is 0.308. The number of ketones is 2. The van der Waals surface area contributed by atoms with Gasteiger partial charge in [-0.1, -0.05) is 0 Å². The van der Waals surface area contributed by atoms with Gasteiger partial charge in [0, 0.05) is 13.0 Å². The fourth-order valence-corrected chi connectivity index (χ4v) is 2.12. The van der Waals surface area contributed by atoms with E-state index in [0.29, 0.717) is 0 Å². The first-order chi connectivity index (χ1) is 9.95. The van der Waals surface area contributed by atoms with Crippen LogP contribution in [0.2, 0.25) is 0 Å². The van der Waals surface area contributed by atoms with Crippen LogP contribution in [0.4, 0.5) is 5.69 Å². The van der Waals surface area contributed by atoms with Crippen molar-refractivity contribution < 1.29 is 24.0 Å². The standard InChI is InChI=1S/C13H12N2O6/c1-21-7-2-3-8(9(6-7)15(19)20)12(17)11-10(16)4-5-14-13(11)18/h2-3,6,11H,4-5H2,1H3,(H,14,18). The van der Waals surface area contributed by atoms with E-state index < -0.39 is 34.0 Å². The van der Waals surface area contributed by atoms with E-state index >= 15 is 0 Å². The molecular weight excluding hydrogens is 280 g/mol. The molecule has 0 saturated carbocycles. The van der Waals surface area contributed by atoms with Crippen molar-refractivity contribution in [1.29, 1.82) is 0 Å². The lowest BCUT2D eigenvalue weighted by Gasteiger charge is -2.19. The Morgan fingerprint density at radius 3 is 2.71 bits per heavy atom. The number of hydrogen-bond acceptors (Lipinski definition) is 6. The van der Waals surface area contributed by atoms with Gasteiger partial charge >= 0.3 is 0 Å². The van der Waals surface area contributed by atoms with Gasteiger partial charge < -0.3 is 10.1 Å². The number of benzene rings is 1. The molecule has 0 radical (unpaired) electrons. The number of carbonyl (C=O) groups excluding carboxylic acids is 3. The molecule has 0 spiro atoms. The van der Waals surface area contributed by atoms with Crippen LogP contribution in [0.25, 0.3) is 0 Å². The first kappa shape index (κ1) is 14.6. The number of nitrogens with zero attached hydrogens (tertiary/aromatic N) is 1. The predicted octanol–water partition coefficient (Wildman–Crippen LogP) is 0.491. The maximum absolute atomic E-state index is 12.3. The second-order valence-corrected chi connectivity index (χ2v) is 4.44. The molecule has 8 heteroatoms. The SMILES string of the molecule is COc1ccc(C(=O)C2C(=O)CCNC2=O)c([N+](=O)[O-])c1. The second-order valence-electron chi connectivity index (χ2n) is 4.44. The van der Waals surface area contributed by atoms with E-state index in [1.807, 2.05) is 0 Å². The molecule has 1 aromatic carbocycles. The monoisotopic (exact) mass is 292 g/mol. The minimum absolute atomic E-state index is 0.0338. The van der Waals surface area contributed by atoms with Gasteiger partial charge in [0.2, 0.25) is 5.91 Å².